The number of rotatable bonds is 5. The Kier molecular flexibility index (Phi) is 5.00. The first-order valence-corrected chi connectivity index (χ1v) is 8.22. The third kappa shape index (κ3) is 3.80. The zero-order valence-electron chi connectivity index (χ0n) is 13.8. The van der Waals surface area contributed by atoms with Crippen molar-refractivity contribution >= 4 is 28.6 Å². The van der Waals surface area contributed by atoms with Crippen molar-refractivity contribution in [2.75, 3.05) is 6.54 Å². The Balaban J connectivity index is 1.82. The highest BCUT2D eigenvalue weighted by Gasteiger charge is 2.31. The molecular formula is C16H18ClN5O3. The summed E-state index contributed by atoms with van der Waals surface area (Å²) in [5.41, 5.74) is 3.59. The van der Waals surface area contributed by atoms with E-state index in [2.05, 4.69) is 15.3 Å². The second-order valence-electron chi connectivity index (χ2n) is 6.07. The van der Waals surface area contributed by atoms with Crippen LogP contribution in [0.3, 0.4) is 0 Å². The lowest BCUT2D eigenvalue weighted by Gasteiger charge is -2.25. The Hall–Kier alpha value is -2.45. The largest absolute Gasteiger partial charge is 0.438 e. The maximum atomic E-state index is 11.1. The minimum Gasteiger partial charge on any atom is -0.438 e. The number of aromatic nitrogens is 1. The molecule has 0 fully saturated rings. The lowest BCUT2D eigenvalue weighted by molar-refractivity contribution is -0.128. The molecule has 2 heterocycles. The number of nitrogens with zero attached hydrogens (tertiary/aromatic N) is 4. The molecule has 1 aliphatic heterocycles. The van der Waals surface area contributed by atoms with Crippen LogP contribution in [0.2, 0.25) is 5.02 Å². The molecule has 3 rings (SSSR count). The minimum atomic E-state index is -0.502. The topological polar surface area (TPSA) is 103 Å². The van der Waals surface area contributed by atoms with E-state index >= 15 is 0 Å². The molecule has 8 nitrogen and oxygen atoms in total. The van der Waals surface area contributed by atoms with Crippen LogP contribution in [-0.4, -0.2) is 27.7 Å². The van der Waals surface area contributed by atoms with Gasteiger partial charge in [0, 0.05) is 17.5 Å². The van der Waals surface area contributed by atoms with Crippen molar-refractivity contribution < 1.29 is 14.4 Å². The fourth-order valence-corrected chi connectivity index (χ4v) is 2.82. The number of amides is 1. The summed E-state index contributed by atoms with van der Waals surface area (Å²) in [6.07, 6.45) is 1.66. The number of hydroxylamine groups is 1. The average molecular weight is 364 g/mol. The molecule has 1 amide bonds. The Morgan fingerprint density at radius 1 is 1.52 bits per heavy atom. The third-order valence-corrected chi connectivity index (χ3v) is 4.07. The summed E-state index contributed by atoms with van der Waals surface area (Å²) in [6.45, 7) is 4.52. The maximum Gasteiger partial charge on any atom is 0.247 e. The molecule has 1 unspecified atom stereocenters. The van der Waals surface area contributed by atoms with Gasteiger partial charge in [0.2, 0.25) is 11.8 Å². The van der Waals surface area contributed by atoms with Gasteiger partial charge in [-0.15, -0.1) is 5.11 Å². The zero-order chi connectivity index (χ0) is 18.0. The van der Waals surface area contributed by atoms with Crippen LogP contribution < -0.4 is 5.48 Å². The molecule has 0 bridgehead atoms. The standard InChI is InChI=1S/C16H18ClN5O3/c1-9(2)15(16-18-12-5-3-10(17)7-13(12)25-16)22-8-11(19-21-22)4-6-14(23)20-24/h3-5,7,9,15,24H,6,8H2,1-2H3,(H,20,23)/b11-4-. The predicted octanol–water partition coefficient (Wildman–Crippen LogP) is 3.64. The van der Waals surface area contributed by atoms with Crippen LogP contribution in [-0.2, 0) is 4.79 Å². The second kappa shape index (κ2) is 7.20. The van der Waals surface area contributed by atoms with Gasteiger partial charge in [0.1, 0.15) is 11.6 Å². The van der Waals surface area contributed by atoms with Crippen molar-refractivity contribution in [2.45, 2.75) is 26.3 Å². The van der Waals surface area contributed by atoms with Crippen molar-refractivity contribution in [3.63, 3.8) is 0 Å². The number of oxazole rings is 1. The van der Waals surface area contributed by atoms with E-state index in [0.29, 0.717) is 28.7 Å². The van der Waals surface area contributed by atoms with Gasteiger partial charge >= 0.3 is 0 Å². The first-order chi connectivity index (χ1) is 12.0. The summed E-state index contributed by atoms with van der Waals surface area (Å²) in [5, 5.41) is 19.2. The lowest BCUT2D eigenvalue weighted by Crippen LogP contribution is -2.26. The van der Waals surface area contributed by atoms with Crippen LogP contribution in [0.1, 0.15) is 32.2 Å². The molecule has 1 atom stereocenters. The Morgan fingerprint density at radius 2 is 2.32 bits per heavy atom. The number of carbonyl (C=O) groups excluding carboxylic acids is 1. The minimum absolute atomic E-state index is 0.0342. The van der Waals surface area contributed by atoms with E-state index in [1.807, 2.05) is 19.9 Å². The first kappa shape index (κ1) is 17.4. The van der Waals surface area contributed by atoms with Gasteiger partial charge in [-0.2, -0.15) is 0 Å². The van der Waals surface area contributed by atoms with Crippen LogP contribution in [0.5, 0.6) is 0 Å². The summed E-state index contributed by atoms with van der Waals surface area (Å²) >= 11 is 6.00. The molecule has 0 spiro atoms. The van der Waals surface area contributed by atoms with Crippen LogP contribution in [0.15, 0.2) is 44.7 Å². The summed E-state index contributed by atoms with van der Waals surface area (Å²) in [6, 6.07) is 5.11. The molecule has 1 aliphatic rings. The van der Waals surface area contributed by atoms with Gasteiger partial charge in [-0.1, -0.05) is 30.7 Å². The molecule has 25 heavy (non-hydrogen) atoms. The van der Waals surface area contributed by atoms with E-state index < -0.39 is 5.91 Å². The molecule has 0 radical (unpaired) electrons. The number of fused-ring (bicyclic) bond motifs is 1. The molecule has 0 saturated heterocycles. The second-order valence-corrected chi connectivity index (χ2v) is 6.51. The monoisotopic (exact) mass is 363 g/mol. The molecule has 2 aromatic rings. The quantitative estimate of drug-likeness (QED) is 0.623. The first-order valence-electron chi connectivity index (χ1n) is 7.84. The summed E-state index contributed by atoms with van der Waals surface area (Å²) in [4.78, 5) is 15.7. The number of halogens is 1. The Labute approximate surface area is 149 Å². The predicted molar refractivity (Wildman–Crippen MR) is 90.8 cm³/mol. The summed E-state index contributed by atoms with van der Waals surface area (Å²) < 4.78 is 5.88. The van der Waals surface area contributed by atoms with Crippen LogP contribution >= 0.6 is 11.6 Å². The van der Waals surface area contributed by atoms with Gasteiger partial charge in [-0.25, -0.2) is 10.5 Å². The van der Waals surface area contributed by atoms with Crippen molar-refractivity contribution in [2.24, 2.45) is 16.3 Å². The van der Waals surface area contributed by atoms with Gasteiger partial charge in [-0.05, 0) is 24.1 Å². The maximum absolute atomic E-state index is 11.1. The van der Waals surface area contributed by atoms with E-state index in [9.17, 15) is 4.79 Å². The average Bonchev–Trinajstić information content (AvgIpc) is 3.19. The van der Waals surface area contributed by atoms with Gasteiger partial charge in [0.25, 0.3) is 0 Å². The highest BCUT2D eigenvalue weighted by atomic mass is 35.5. The summed E-state index contributed by atoms with van der Waals surface area (Å²) in [7, 11) is 0. The van der Waals surface area contributed by atoms with Crippen LogP contribution in [0, 0.1) is 5.92 Å². The third-order valence-electron chi connectivity index (χ3n) is 3.83. The number of benzene rings is 1. The number of hydrogen-bond acceptors (Lipinski definition) is 7. The van der Waals surface area contributed by atoms with Gasteiger partial charge in [-0.3, -0.25) is 15.0 Å². The smallest absolute Gasteiger partial charge is 0.247 e. The number of nitrogens with one attached hydrogen (secondary N) is 1. The summed E-state index contributed by atoms with van der Waals surface area (Å²) in [5.74, 6) is 0.209. The molecular weight excluding hydrogens is 346 g/mol. The highest BCUT2D eigenvalue weighted by molar-refractivity contribution is 6.31. The van der Waals surface area contributed by atoms with Crippen molar-refractivity contribution in [3.8, 4) is 0 Å². The number of hydrogen-bond donors (Lipinski definition) is 2. The SMILES string of the molecule is CC(C)C(c1nc2ccc(Cl)cc2o1)N1C/C(=C/CC(=O)NO)N=N1. The highest BCUT2D eigenvalue weighted by Crippen LogP contribution is 2.34. The Morgan fingerprint density at radius 3 is 3.04 bits per heavy atom. The van der Waals surface area contributed by atoms with E-state index in [0.717, 1.165) is 5.52 Å². The van der Waals surface area contributed by atoms with Crippen molar-refractivity contribution in [3.05, 3.63) is 40.9 Å². The van der Waals surface area contributed by atoms with Gasteiger partial charge in [0.15, 0.2) is 5.58 Å². The fraction of sp³-hybridized carbons (Fsp3) is 0.375. The fourth-order valence-electron chi connectivity index (χ4n) is 2.66. The van der Waals surface area contributed by atoms with Crippen LogP contribution in [0.25, 0.3) is 11.1 Å². The normalized spacial score (nSPS) is 17.0. The van der Waals surface area contributed by atoms with E-state index in [1.165, 1.54) is 0 Å². The zero-order valence-corrected chi connectivity index (χ0v) is 14.6. The van der Waals surface area contributed by atoms with Gasteiger partial charge in [0.05, 0.1) is 12.2 Å². The molecule has 0 aliphatic carbocycles. The lowest BCUT2D eigenvalue weighted by atomic mass is 10.0. The van der Waals surface area contributed by atoms with Gasteiger partial charge < -0.3 is 4.42 Å². The number of carbonyl (C=O) groups is 1. The molecule has 2 N–H and O–H groups in total. The van der Waals surface area contributed by atoms with Crippen LogP contribution in [0.4, 0.5) is 0 Å². The molecule has 9 heteroatoms. The van der Waals surface area contributed by atoms with E-state index in [-0.39, 0.29) is 18.4 Å². The molecule has 1 aromatic carbocycles. The van der Waals surface area contributed by atoms with E-state index in [1.54, 1.807) is 28.7 Å². The molecule has 0 saturated carbocycles. The van der Waals surface area contributed by atoms with Crippen molar-refractivity contribution in [1.29, 1.82) is 0 Å². The van der Waals surface area contributed by atoms with E-state index in [4.69, 9.17) is 21.2 Å². The molecule has 1 aromatic heterocycles. The van der Waals surface area contributed by atoms with Crippen molar-refractivity contribution in [1.82, 2.24) is 15.5 Å². The Bertz CT molecular complexity index is 845. The molecule has 132 valence electrons.